The van der Waals surface area contributed by atoms with Gasteiger partial charge in [-0.15, -0.1) is 0 Å². The van der Waals surface area contributed by atoms with Gasteiger partial charge in [-0.25, -0.2) is 4.79 Å². The number of rotatable bonds is 12. The lowest BCUT2D eigenvalue weighted by atomic mass is 10.1. The van der Waals surface area contributed by atoms with E-state index < -0.39 is 41.8 Å². The van der Waals surface area contributed by atoms with Crippen LogP contribution in [0, 0.1) is 0 Å². The van der Waals surface area contributed by atoms with Crippen molar-refractivity contribution in [3.8, 4) is 5.75 Å². The molecule has 0 saturated carbocycles. The molecule has 0 aromatic heterocycles. The summed E-state index contributed by atoms with van der Waals surface area (Å²) in [5, 5.41) is 12.0. The predicted octanol–water partition coefficient (Wildman–Crippen LogP) is 2.66. The van der Waals surface area contributed by atoms with Crippen LogP contribution in [-0.4, -0.2) is 77.0 Å². The van der Waals surface area contributed by atoms with Crippen LogP contribution in [0.3, 0.4) is 0 Å². The van der Waals surface area contributed by atoms with Gasteiger partial charge in [0.25, 0.3) is 0 Å². The van der Waals surface area contributed by atoms with Crippen LogP contribution in [0.4, 0.5) is 13.2 Å². The summed E-state index contributed by atoms with van der Waals surface area (Å²) < 4.78 is 44.2. The third kappa shape index (κ3) is 8.71. The van der Waals surface area contributed by atoms with E-state index in [9.17, 15) is 27.9 Å². The number of nitrogens with zero attached hydrogens (tertiary/aromatic N) is 1. The molecule has 1 fully saturated rings. The first-order chi connectivity index (χ1) is 16.0. The zero-order valence-electron chi connectivity index (χ0n) is 18.7. The predicted molar refractivity (Wildman–Crippen MR) is 129 cm³/mol. The van der Waals surface area contributed by atoms with Crippen molar-refractivity contribution < 1.29 is 32.6 Å². The van der Waals surface area contributed by atoms with Gasteiger partial charge in [-0.1, -0.05) is 12.2 Å². The normalized spacial score (nSPS) is 20.9. The summed E-state index contributed by atoms with van der Waals surface area (Å²) in [4.78, 5) is 26.4. The van der Waals surface area contributed by atoms with E-state index in [1.165, 1.54) is 23.9 Å². The van der Waals surface area contributed by atoms with Crippen LogP contribution in [0.25, 0.3) is 0 Å². The van der Waals surface area contributed by atoms with Crippen molar-refractivity contribution in [1.29, 1.82) is 0 Å². The summed E-state index contributed by atoms with van der Waals surface area (Å²) >= 11 is 5.61. The SMILES string of the molecule is CSCC[C@H](NC(=O)[C@@H]1C[C@H](Oc2ccc(C(F)(F)F)cc2)CN1C/C=C/[C@@H](N)CS)C(=O)O. The number of likely N-dealkylation sites (tertiary alicyclic amines) is 1. The number of hydrogen-bond donors (Lipinski definition) is 4. The van der Waals surface area contributed by atoms with Gasteiger partial charge >= 0.3 is 12.1 Å². The molecule has 1 amide bonds. The van der Waals surface area contributed by atoms with Crippen molar-refractivity contribution in [2.24, 2.45) is 5.73 Å². The summed E-state index contributed by atoms with van der Waals surface area (Å²) in [6, 6.07) is 2.45. The van der Waals surface area contributed by atoms with Crippen LogP contribution in [0.15, 0.2) is 36.4 Å². The number of nitrogens with one attached hydrogen (secondary N) is 1. The maximum atomic E-state index is 13.0. The Morgan fingerprint density at radius 3 is 2.62 bits per heavy atom. The van der Waals surface area contributed by atoms with Gasteiger partial charge < -0.3 is 20.9 Å². The van der Waals surface area contributed by atoms with E-state index >= 15 is 0 Å². The highest BCUT2D eigenvalue weighted by molar-refractivity contribution is 7.98. The van der Waals surface area contributed by atoms with Gasteiger partial charge in [0.15, 0.2) is 0 Å². The van der Waals surface area contributed by atoms with Gasteiger partial charge in [-0.05, 0) is 42.7 Å². The van der Waals surface area contributed by atoms with Crippen molar-refractivity contribution in [3.05, 3.63) is 42.0 Å². The van der Waals surface area contributed by atoms with Crippen molar-refractivity contribution in [1.82, 2.24) is 10.2 Å². The Hall–Kier alpha value is -1.89. The van der Waals surface area contributed by atoms with Crippen LogP contribution in [-0.2, 0) is 15.8 Å². The summed E-state index contributed by atoms with van der Waals surface area (Å²) in [6.45, 7) is 0.705. The molecule has 12 heteroatoms. The molecule has 1 aliphatic rings. The van der Waals surface area contributed by atoms with Crippen molar-refractivity contribution in [3.63, 3.8) is 0 Å². The topological polar surface area (TPSA) is 105 Å². The van der Waals surface area contributed by atoms with E-state index in [-0.39, 0.29) is 24.6 Å². The minimum atomic E-state index is -4.44. The van der Waals surface area contributed by atoms with Gasteiger partial charge in [-0.2, -0.15) is 37.6 Å². The first-order valence-electron chi connectivity index (χ1n) is 10.7. The number of halogens is 3. The summed E-state index contributed by atoms with van der Waals surface area (Å²) in [6.07, 6.45) is 1.07. The Labute approximate surface area is 206 Å². The maximum Gasteiger partial charge on any atom is 0.416 e. The summed E-state index contributed by atoms with van der Waals surface area (Å²) in [5.41, 5.74) is 5.06. The number of hydrogen-bond acceptors (Lipinski definition) is 7. The highest BCUT2D eigenvalue weighted by Crippen LogP contribution is 2.31. The Bertz CT molecular complexity index is 840. The molecule has 0 aliphatic carbocycles. The standard InChI is InChI=1S/C22H30F3N3O4S2/c1-34-10-8-18(21(30)31)27-20(29)19-11-17(12-28(19)9-2-3-15(26)13-33)32-16-6-4-14(5-7-16)22(23,24)25/h2-7,15,17-19,33H,8-13,26H2,1H3,(H,27,29)(H,30,31)/b3-2+/t15-,17+,18+,19+/m1/s1. The molecule has 0 radical (unpaired) electrons. The van der Waals surface area contributed by atoms with Crippen LogP contribution in [0.2, 0.25) is 0 Å². The third-order valence-corrected chi connectivity index (χ3v) is 6.38. The van der Waals surface area contributed by atoms with Gasteiger partial charge in [-0.3, -0.25) is 9.69 Å². The average molecular weight is 522 g/mol. The average Bonchev–Trinajstić information content (AvgIpc) is 3.18. The summed E-state index contributed by atoms with van der Waals surface area (Å²) in [7, 11) is 0. The fourth-order valence-corrected chi connectivity index (χ4v) is 4.12. The molecule has 0 unspecified atom stereocenters. The number of carboxylic acids is 1. The number of aliphatic carboxylic acids is 1. The molecule has 2 rings (SSSR count). The lowest BCUT2D eigenvalue weighted by Gasteiger charge is -2.24. The third-order valence-electron chi connectivity index (χ3n) is 5.31. The van der Waals surface area contributed by atoms with Gasteiger partial charge in [0.2, 0.25) is 5.91 Å². The fraction of sp³-hybridized carbons (Fsp3) is 0.545. The number of ether oxygens (including phenoxy) is 1. The number of carbonyl (C=O) groups excluding carboxylic acids is 1. The number of alkyl halides is 3. The van der Waals surface area contributed by atoms with E-state index in [2.05, 4.69) is 17.9 Å². The zero-order valence-corrected chi connectivity index (χ0v) is 20.4. The molecule has 4 atom stereocenters. The van der Waals surface area contributed by atoms with Gasteiger partial charge in [0.1, 0.15) is 17.9 Å². The monoisotopic (exact) mass is 521 g/mol. The molecule has 0 bridgehead atoms. The van der Waals surface area contributed by atoms with Crippen molar-refractivity contribution >= 4 is 36.3 Å². The number of carbonyl (C=O) groups is 2. The maximum absolute atomic E-state index is 13.0. The number of benzene rings is 1. The second-order valence-corrected chi connectivity index (χ2v) is 9.27. The molecule has 1 aromatic carbocycles. The van der Waals surface area contributed by atoms with E-state index in [0.717, 1.165) is 12.1 Å². The molecule has 1 saturated heterocycles. The Kier molecular flexibility index (Phi) is 11.1. The van der Waals surface area contributed by atoms with Gasteiger partial charge in [0.05, 0.1) is 11.6 Å². The second-order valence-electron chi connectivity index (χ2n) is 7.92. The van der Waals surface area contributed by atoms with E-state index in [0.29, 0.717) is 24.6 Å². The number of nitrogens with two attached hydrogens (primary N) is 1. The molecule has 34 heavy (non-hydrogen) atoms. The lowest BCUT2D eigenvalue weighted by Crippen LogP contribution is -2.49. The Morgan fingerprint density at radius 1 is 1.38 bits per heavy atom. The number of thioether (sulfide) groups is 1. The molecule has 7 nitrogen and oxygen atoms in total. The highest BCUT2D eigenvalue weighted by atomic mass is 32.2. The first-order valence-corrected chi connectivity index (χ1v) is 12.7. The smallest absolute Gasteiger partial charge is 0.416 e. The number of thiol groups is 1. The quantitative estimate of drug-likeness (QED) is 0.248. The van der Waals surface area contributed by atoms with Crippen molar-refractivity contribution in [2.45, 2.75) is 43.2 Å². The minimum absolute atomic E-state index is 0.250. The molecule has 190 valence electrons. The summed E-state index contributed by atoms with van der Waals surface area (Å²) in [5.74, 6) is -0.246. The Morgan fingerprint density at radius 2 is 2.06 bits per heavy atom. The van der Waals surface area contributed by atoms with Crippen LogP contribution >= 0.6 is 24.4 Å². The van der Waals surface area contributed by atoms with Crippen molar-refractivity contribution in [2.75, 3.05) is 30.9 Å². The largest absolute Gasteiger partial charge is 0.489 e. The van der Waals surface area contributed by atoms with E-state index in [1.54, 1.807) is 6.08 Å². The zero-order chi connectivity index (χ0) is 25.3. The fourth-order valence-electron chi connectivity index (χ4n) is 3.53. The molecule has 1 aromatic rings. The first kappa shape index (κ1) is 28.3. The van der Waals surface area contributed by atoms with Crippen LogP contribution in [0.1, 0.15) is 18.4 Å². The van der Waals surface area contributed by atoms with Gasteiger partial charge in [0, 0.05) is 31.3 Å². The van der Waals surface area contributed by atoms with E-state index in [1.807, 2.05) is 17.2 Å². The van der Waals surface area contributed by atoms with Crippen LogP contribution < -0.4 is 15.8 Å². The lowest BCUT2D eigenvalue weighted by molar-refractivity contribution is -0.142. The molecular weight excluding hydrogens is 491 g/mol. The molecule has 4 N–H and O–H groups in total. The van der Waals surface area contributed by atoms with Crippen LogP contribution in [0.5, 0.6) is 5.75 Å². The Balaban J connectivity index is 2.11. The highest BCUT2D eigenvalue weighted by Gasteiger charge is 2.39. The van der Waals surface area contributed by atoms with E-state index in [4.69, 9.17) is 10.5 Å². The minimum Gasteiger partial charge on any atom is -0.489 e. The molecule has 1 aliphatic heterocycles. The number of amides is 1. The molecular formula is C22H30F3N3O4S2. The molecule has 1 heterocycles. The second kappa shape index (κ2) is 13.3. The molecule has 0 spiro atoms. The number of carboxylic acid groups (broad SMARTS) is 1.